The predicted molar refractivity (Wildman–Crippen MR) is 105 cm³/mol. The van der Waals surface area contributed by atoms with Crippen LogP contribution in [-0.2, 0) is 9.53 Å². The highest BCUT2D eigenvalue weighted by Gasteiger charge is 2.38. The number of aromatic nitrogens is 3. The fourth-order valence-corrected chi connectivity index (χ4v) is 4.26. The molecule has 8 nitrogen and oxygen atoms in total. The molecular weight excluding hydrogens is 356 g/mol. The van der Waals surface area contributed by atoms with Crippen molar-refractivity contribution in [1.82, 2.24) is 15.0 Å². The molecular formula is C20H22N6O2. The first-order valence-corrected chi connectivity index (χ1v) is 9.65. The molecule has 0 amide bonds. The van der Waals surface area contributed by atoms with E-state index >= 15 is 0 Å². The van der Waals surface area contributed by atoms with Gasteiger partial charge in [-0.05, 0) is 30.5 Å². The van der Waals surface area contributed by atoms with Crippen LogP contribution in [0.1, 0.15) is 36.3 Å². The fourth-order valence-electron chi connectivity index (χ4n) is 4.26. The Morgan fingerprint density at radius 3 is 2.71 bits per heavy atom. The number of hydrogen-bond acceptors (Lipinski definition) is 8. The first-order chi connectivity index (χ1) is 13.7. The zero-order chi connectivity index (χ0) is 19.1. The Labute approximate surface area is 162 Å². The summed E-state index contributed by atoms with van der Waals surface area (Å²) in [6.45, 7) is 2.77. The molecule has 1 unspecified atom stereocenters. The molecule has 2 aliphatic heterocycles. The predicted octanol–water partition coefficient (Wildman–Crippen LogP) is 1.85. The van der Waals surface area contributed by atoms with Gasteiger partial charge in [0.2, 0.25) is 5.95 Å². The van der Waals surface area contributed by atoms with Crippen molar-refractivity contribution >= 4 is 23.4 Å². The van der Waals surface area contributed by atoms with E-state index in [2.05, 4.69) is 20.2 Å². The van der Waals surface area contributed by atoms with Crippen molar-refractivity contribution in [3.63, 3.8) is 0 Å². The molecule has 1 aliphatic carbocycles. The minimum atomic E-state index is -0.263. The number of pyridine rings is 1. The quantitative estimate of drug-likeness (QED) is 0.816. The standard InChI is InChI=1S/C20H22N6O2/c21-18-17-15(12-4-6-22-7-5-12)16-13(2-1-3-14(16)27)23-19(17)25-20(24-18)26-8-10-28-11-9-26/h4-7,15H,1-3,8-11H2,(H3,21,23,24,25). The van der Waals surface area contributed by atoms with Gasteiger partial charge in [-0.15, -0.1) is 0 Å². The molecule has 0 aromatic carbocycles. The van der Waals surface area contributed by atoms with E-state index in [-0.39, 0.29) is 11.7 Å². The number of ether oxygens (including phenoxy) is 1. The maximum atomic E-state index is 12.8. The van der Waals surface area contributed by atoms with Crippen LogP contribution in [0.15, 0.2) is 35.8 Å². The number of nitrogens with one attached hydrogen (secondary N) is 1. The van der Waals surface area contributed by atoms with Crippen molar-refractivity contribution < 1.29 is 9.53 Å². The number of ketones is 1. The second kappa shape index (κ2) is 6.87. The molecule has 2 aromatic heterocycles. The van der Waals surface area contributed by atoms with Gasteiger partial charge in [0.1, 0.15) is 11.6 Å². The Morgan fingerprint density at radius 2 is 1.93 bits per heavy atom. The lowest BCUT2D eigenvalue weighted by Gasteiger charge is -2.35. The van der Waals surface area contributed by atoms with E-state index in [1.165, 1.54) is 0 Å². The summed E-state index contributed by atoms with van der Waals surface area (Å²) in [5, 5.41) is 3.40. The third-order valence-corrected chi connectivity index (χ3v) is 5.60. The lowest BCUT2D eigenvalue weighted by molar-refractivity contribution is -0.116. The third kappa shape index (κ3) is 2.80. The molecule has 0 radical (unpaired) electrons. The summed E-state index contributed by atoms with van der Waals surface area (Å²) in [4.78, 5) is 28.4. The first kappa shape index (κ1) is 17.1. The topological polar surface area (TPSA) is 106 Å². The van der Waals surface area contributed by atoms with Crippen LogP contribution < -0.4 is 16.0 Å². The molecule has 5 rings (SSSR count). The number of allylic oxidation sites excluding steroid dienone is 2. The Morgan fingerprint density at radius 1 is 1.14 bits per heavy atom. The second-order valence-corrected chi connectivity index (χ2v) is 7.28. The minimum Gasteiger partial charge on any atom is -0.383 e. The SMILES string of the molecule is Nc1nc(N2CCOCC2)nc2c1C(c1ccncc1)C1=C(CCCC1=O)N2. The van der Waals surface area contributed by atoms with Gasteiger partial charge in [-0.25, -0.2) is 0 Å². The zero-order valence-electron chi connectivity index (χ0n) is 15.5. The Bertz CT molecular complexity index is 953. The second-order valence-electron chi connectivity index (χ2n) is 7.28. The van der Waals surface area contributed by atoms with Crippen LogP contribution in [0.25, 0.3) is 0 Å². The van der Waals surface area contributed by atoms with Crippen LogP contribution in [0, 0.1) is 0 Å². The van der Waals surface area contributed by atoms with Crippen molar-refractivity contribution in [1.29, 1.82) is 0 Å². The summed E-state index contributed by atoms with van der Waals surface area (Å²) < 4.78 is 5.43. The van der Waals surface area contributed by atoms with Gasteiger partial charge in [-0.3, -0.25) is 9.78 Å². The number of anilines is 3. The molecule has 3 N–H and O–H groups in total. The average molecular weight is 378 g/mol. The summed E-state index contributed by atoms with van der Waals surface area (Å²) in [5.74, 6) is 1.61. The van der Waals surface area contributed by atoms with E-state index in [4.69, 9.17) is 15.5 Å². The molecule has 8 heteroatoms. The van der Waals surface area contributed by atoms with Gasteiger partial charge in [0.05, 0.1) is 13.2 Å². The Kier molecular flexibility index (Phi) is 4.20. The minimum absolute atomic E-state index is 0.165. The Hall–Kier alpha value is -3.00. The highest BCUT2D eigenvalue weighted by molar-refractivity contribution is 6.01. The van der Waals surface area contributed by atoms with Crippen molar-refractivity contribution in [2.75, 3.05) is 42.3 Å². The summed E-state index contributed by atoms with van der Waals surface area (Å²) >= 11 is 0. The van der Waals surface area contributed by atoms with Crippen molar-refractivity contribution in [3.05, 3.63) is 46.9 Å². The fraction of sp³-hybridized carbons (Fsp3) is 0.400. The van der Waals surface area contributed by atoms with Gasteiger partial charge in [-0.2, -0.15) is 9.97 Å². The number of nitrogens with two attached hydrogens (primary N) is 1. The maximum Gasteiger partial charge on any atom is 0.229 e. The lowest BCUT2D eigenvalue weighted by Crippen LogP contribution is -2.38. The van der Waals surface area contributed by atoms with Crippen molar-refractivity contribution in [3.8, 4) is 0 Å². The van der Waals surface area contributed by atoms with Gasteiger partial charge >= 0.3 is 0 Å². The number of hydrogen-bond donors (Lipinski definition) is 2. The van der Waals surface area contributed by atoms with Crippen LogP contribution in [0.5, 0.6) is 0 Å². The number of nitrogen functional groups attached to an aromatic ring is 1. The lowest BCUT2D eigenvalue weighted by atomic mass is 9.76. The summed E-state index contributed by atoms with van der Waals surface area (Å²) in [7, 11) is 0. The van der Waals surface area contributed by atoms with Crippen LogP contribution in [0.2, 0.25) is 0 Å². The van der Waals surface area contributed by atoms with E-state index in [0.29, 0.717) is 37.2 Å². The number of Topliss-reactive ketones (excluding diaryl/α,β-unsaturated/α-hetero) is 1. The largest absolute Gasteiger partial charge is 0.383 e. The monoisotopic (exact) mass is 378 g/mol. The van der Waals surface area contributed by atoms with Crippen molar-refractivity contribution in [2.45, 2.75) is 25.2 Å². The van der Waals surface area contributed by atoms with Crippen LogP contribution >= 0.6 is 0 Å². The van der Waals surface area contributed by atoms with E-state index in [0.717, 1.165) is 48.3 Å². The van der Waals surface area contributed by atoms with Gasteiger partial charge in [-0.1, -0.05) is 0 Å². The number of rotatable bonds is 2. The third-order valence-electron chi connectivity index (χ3n) is 5.60. The maximum absolute atomic E-state index is 12.8. The molecule has 2 aromatic rings. The van der Waals surface area contributed by atoms with Gasteiger partial charge in [0.25, 0.3) is 0 Å². The number of carbonyl (C=O) groups is 1. The summed E-state index contributed by atoms with van der Waals surface area (Å²) in [5.41, 5.74) is 9.95. The highest BCUT2D eigenvalue weighted by atomic mass is 16.5. The number of morpholine rings is 1. The van der Waals surface area contributed by atoms with E-state index in [1.807, 2.05) is 12.1 Å². The van der Waals surface area contributed by atoms with E-state index < -0.39 is 0 Å². The van der Waals surface area contributed by atoms with Crippen molar-refractivity contribution in [2.24, 2.45) is 0 Å². The molecule has 1 atom stereocenters. The number of fused-ring (bicyclic) bond motifs is 1. The highest BCUT2D eigenvalue weighted by Crippen LogP contribution is 2.46. The summed E-state index contributed by atoms with van der Waals surface area (Å²) in [6.07, 6.45) is 5.72. The van der Waals surface area contributed by atoms with E-state index in [1.54, 1.807) is 12.4 Å². The number of carbonyl (C=O) groups excluding carboxylic acids is 1. The molecule has 0 spiro atoms. The van der Waals surface area contributed by atoms with Crippen LogP contribution in [-0.4, -0.2) is 47.0 Å². The van der Waals surface area contributed by atoms with Crippen LogP contribution in [0.4, 0.5) is 17.6 Å². The van der Waals surface area contributed by atoms with Gasteiger partial charge in [0.15, 0.2) is 5.78 Å². The molecule has 1 saturated heterocycles. The molecule has 3 aliphatic rings. The van der Waals surface area contributed by atoms with E-state index in [9.17, 15) is 4.79 Å². The number of nitrogens with zero attached hydrogens (tertiary/aromatic N) is 4. The van der Waals surface area contributed by atoms with Gasteiger partial charge in [0, 0.05) is 54.7 Å². The molecule has 144 valence electrons. The molecule has 28 heavy (non-hydrogen) atoms. The Balaban J connectivity index is 1.66. The zero-order valence-corrected chi connectivity index (χ0v) is 15.5. The van der Waals surface area contributed by atoms with Crippen LogP contribution in [0.3, 0.4) is 0 Å². The summed E-state index contributed by atoms with van der Waals surface area (Å²) in [6, 6.07) is 3.86. The normalized spacial score (nSPS) is 21.8. The molecule has 1 fully saturated rings. The molecule has 0 saturated carbocycles. The molecule has 4 heterocycles. The van der Waals surface area contributed by atoms with Gasteiger partial charge < -0.3 is 20.7 Å². The first-order valence-electron chi connectivity index (χ1n) is 9.65. The molecule has 0 bridgehead atoms. The smallest absolute Gasteiger partial charge is 0.229 e. The average Bonchev–Trinajstić information content (AvgIpc) is 2.73.